The van der Waals surface area contributed by atoms with E-state index >= 15 is 0 Å². The van der Waals surface area contributed by atoms with E-state index in [1.165, 1.54) is 32.1 Å². The highest BCUT2D eigenvalue weighted by atomic mass is 16.5. The van der Waals surface area contributed by atoms with Crippen LogP contribution >= 0.6 is 0 Å². The molecule has 0 aliphatic carbocycles. The van der Waals surface area contributed by atoms with Crippen LogP contribution in [-0.2, 0) is 0 Å². The smallest absolute Gasteiger partial charge is 0.343 e. The lowest BCUT2D eigenvalue weighted by Gasteiger charge is -2.08. The van der Waals surface area contributed by atoms with E-state index in [1.807, 2.05) is 0 Å². The molecule has 0 saturated heterocycles. The van der Waals surface area contributed by atoms with Crippen LogP contribution in [0.25, 0.3) is 0 Å². The molecule has 2 aromatic carbocycles. The number of benzene rings is 2. The molecule has 0 bridgehead atoms. The standard InChI is InChI=1S/C21H27NO3/c1-2-3-4-5-6-7-15-24-19-13-11-17(12-14-19)21(23)25-20-10-8-9-18(22)16-20/h8-14,16H,2-7,15,22H2,1H3. The molecule has 2 rings (SSSR count). The van der Waals surface area contributed by atoms with Crippen molar-refractivity contribution in [3.05, 3.63) is 54.1 Å². The minimum atomic E-state index is -0.409. The van der Waals surface area contributed by atoms with Gasteiger partial charge in [-0.15, -0.1) is 0 Å². The van der Waals surface area contributed by atoms with Crippen molar-refractivity contribution in [3.63, 3.8) is 0 Å². The van der Waals surface area contributed by atoms with E-state index in [4.69, 9.17) is 15.2 Å². The SMILES string of the molecule is CCCCCCCCOc1ccc(C(=O)Oc2cccc(N)c2)cc1. The van der Waals surface area contributed by atoms with Gasteiger partial charge in [-0.3, -0.25) is 0 Å². The van der Waals surface area contributed by atoms with E-state index in [0.29, 0.717) is 23.6 Å². The summed E-state index contributed by atoms with van der Waals surface area (Å²) in [6, 6.07) is 13.8. The molecule has 4 nitrogen and oxygen atoms in total. The predicted molar refractivity (Wildman–Crippen MR) is 101 cm³/mol. The van der Waals surface area contributed by atoms with Crippen molar-refractivity contribution in [1.29, 1.82) is 0 Å². The highest BCUT2D eigenvalue weighted by Crippen LogP contribution is 2.18. The fourth-order valence-electron chi connectivity index (χ4n) is 2.50. The van der Waals surface area contributed by atoms with Gasteiger partial charge in [0, 0.05) is 11.8 Å². The number of carbonyl (C=O) groups excluding carboxylic acids is 1. The van der Waals surface area contributed by atoms with E-state index < -0.39 is 5.97 Å². The maximum atomic E-state index is 12.1. The van der Waals surface area contributed by atoms with Crippen LogP contribution in [0.5, 0.6) is 11.5 Å². The van der Waals surface area contributed by atoms with Crippen molar-refractivity contribution in [2.45, 2.75) is 45.4 Å². The van der Waals surface area contributed by atoms with Gasteiger partial charge >= 0.3 is 5.97 Å². The van der Waals surface area contributed by atoms with Gasteiger partial charge in [0.1, 0.15) is 11.5 Å². The van der Waals surface area contributed by atoms with E-state index in [1.54, 1.807) is 48.5 Å². The average Bonchev–Trinajstić information content (AvgIpc) is 2.61. The Kier molecular flexibility index (Phi) is 7.83. The molecular weight excluding hydrogens is 314 g/mol. The fourth-order valence-corrected chi connectivity index (χ4v) is 2.50. The first-order valence-corrected chi connectivity index (χ1v) is 8.99. The second-order valence-electron chi connectivity index (χ2n) is 6.10. The van der Waals surface area contributed by atoms with Gasteiger partial charge in [-0.1, -0.05) is 45.1 Å². The minimum Gasteiger partial charge on any atom is -0.494 e. The van der Waals surface area contributed by atoms with E-state index in [0.717, 1.165) is 12.2 Å². The highest BCUT2D eigenvalue weighted by Gasteiger charge is 2.09. The molecule has 2 N–H and O–H groups in total. The van der Waals surface area contributed by atoms with Gasteiger partial charge in [0.2, 0.25) is 0 Å². The summed E-state index contributed by atoms with van der Waals surface area (Å²) >= 11 is 0. The maximum absolute atomic E-state index is 12.1. The predicted octanol–water partition coefficient (Wildman–Crippen LogP) is 5.23. The molecule has 0 radical (unpaired) electrons. The van der Waals surface area contributed by atoms with Crippen molar-refractivity contribution in [1.82, 2.24) is 0 Å². The average molecular weight is 341 g/mol. The van der Waals surface area contributed by atoms with Crippen LogP contribution in [-0.4, -0.2) is 12.6 Å². The summed E-state index contributed by atoms with van der Waals surface area (Å²) in [7, 11) is 0. The Morgan fingerprint density at radius 2 is 1.64 bits per heavy atom. The Hall–Kier alpha value is -2.49. The molecule has 0 aromatic heterocycles. The largest absolute Gasteiger partial charge is 0.494 e. The summed E-state index contributed by atoms with van der Waals surface area (Å²) in [5.41, 5.74) is 6.72. The van der Waals surface area contributed by atoms with Crippen LogP contribution in [0.1, 0.15) is 55.8 Å². The minimum absolute atomic E-state index is 0.409. The molecule has 2 aromatic rings. The zero-order chi connectivity index (χ0) is 17.9. The Morgan fingerprint density at radius 1 is 0.920 bits per heavy atom. The van der Waals surface area contributed by atoms with Crippen LogP contribution in [0.3, 0.4) is 0 Å². The van der Waals surface area contributed by atoms with Crippen LogP contribution in [0, 0.1) is 0 Å². The molecule has 0 heterocycles. The third kappa shape index (κ3) is 6.87. The molecule has 0 spiro atoms. The lowest BCUT2D eigenvalue weighted by atomic mass is 10.1. The second kappa shape index (κ2) is 10.4. The van der Waals surface area contributed by atoms with Gasteiger partial charge in [-0.2, -0.15) is 0 Å². The Morgan fingerprint density at radius 3 is 2.36 bits per heavy atom. The van der Waals surface area contributed by atoms with Gasteiger partial charge in [0.15, 0.2) is 0 Å². The third-order valence-corrected chi connectivity index (χ3v) is 3.93. The first kappa shape index (κ1) is 18.8. The molecule has 134 valence electrons. The highest BCUT2D eigenvalue weighted by molar-refractivity contribution is 5.91. The number of anilines is 1. The molecule has 0 aliphatic heterocycles. The zero-order valence-electron chi connectivity index (χ0n) is 14.9. The van der Waals surface area contributed by atoms with Crippen LogP contribution in [0.2, 0.25) is 0 Å². The lowest BCUT2D eigenvalue weighted by Crippen LogP contribution is -2.08. The number of rotatable bonds is 10. The van der Waals surface area contributed by atoms with Crippen LogP contribution in [0.4, 0.5) is 5.69 Å². The number of nitrogens with two attached hydrogens (primary N) is 1. The molecular formula is C21H27NO3. The van der Waals surface area contributed by atoms with Crippen molar-refractivity contribution in [2.75, 3.05) is 12.3 Å². The van der Waals surface area contributed by atoms with Crippen molar-refractivity contribution in [3.8, 4) is 11.5 Å². The van der Waals surface area contributed by atoms with E-state index in [9.17, 15) is 4.79 Å². The fraction of sp³-hybridized carbons (Fsp3) is 0.381. The summed E-state index contributed by atoms with van der Waals surface area (Å²) in [4.78, 5) is 12.1. The summed E-state index contributed by atoms with van der Waals surface area (Å²) < 4.78 is 11.0. The first-order chi connectivity index (χ1) is 12.2. The molecule has 0 atom stereocenters. The molecule has 4 heteroatoms. The Bertz CT molecular complexity index is 652. The zero-order valence-corrected chi connectivity index (χ0v) is 14.9. The number of unbranched alkanes of at least 4 members (excludes halogenated alkanes) is 5. The number of hydrogen-bond donors (Lipinski definition) is 1. The summed E-state index contributed by atoms with van der Waals surface area (Å²) in [6.07, 6.45) is 7.41. The first-order valence-electron chi connectivity index (χ1n) is 8.99. The number of carbonyl (C=O) groups is 1. The van der Waals surface area contributed by atoms with Crippen LogP contribution in [0.15, 0.2) is 48.5 Å². The monoisotopic (exact) mass is 341 g/mol. The quantitative estimate of drug-likeness (QED) is 0.278. The summed E-state index contributed by atoms with van der Waals surface area (Å²) in [5, 5.41) is 0. The molecule has 0 saturated carbocycles. The molecule has 25 heavy (non-hydrogen) atoms. The van der Waals surface area contributed by atoms with Crippen molar-refractivity contribution >= 4 is 11.7 Å². The van der Waals surface area contributed by atoms with Gasteiger partial charge in [0.05, 0.1) is 12.2 Å². The third-order valence-electron chi connectivity index (χ3n) is 3.93. The normalized spacial score (nSPS) is 10.4. The topological polar surface area (TPSA) is 61.5 Å². The van der Waals surface area contributed by atoms with Crippen molar-refractivity contribution in [2.24, 2.45) is 0 Å². The van der Waals surface area contributed by atoms with Crippen molar-refractivity contribution < 1.29 is 14.3 Å². The molecule has 0 amide bonds. The summed E-state index contributed by atoms with van der Waals surface area (Å²) in [6.45, 7) is 2.93. The number of ether oxygens (including phenoxy) is 2. The Labute approximate surface area is 150 Å². The Balaban J connectivity index is 1.74. The van der Waals surface area contributed by atoms with Gasteiger partial charge < -0.3 is 15.2 Å². The second-order valence-corrected chi connectivity index (χ2v) is 6.10. The van der Waals surface area contributed by atoms with E-state index in [2.05, 4.69) is 6.92 Å². The lowest BCUT2D eigenvalue weighted by molar-refractivity contribution is 0.0735. The molecule has 0 unspecified atom stereocenters. The maximum Gasteiger partial charge on any atom is 0.343 e. The number of hydrogen-bond acceptors (Lipinski definition) is 4. The number of nitrogen functional groups attached to an aromatic ring is 1. The molecule has 0 fully saturated rings. The summed E-state index contributed by atoms with van der Waals surface area (Å²) in [5.74, 6) is 0.801. The van der Waals surface area contributed by atoms with Gasteiger partial charge in [-0.25, -0.2) is 4.79 Å². The number of esters is 1. The van der Waals surface area contributed by atoms with E-state index in [-0.39, 0.29) is 0 Å². The van der Waals surface area contributed by atoms with Crippen LogP contribution < -0.4 is 15.2 Å². The van der Waals surface area contributed by atoms with Gasteiger partial charge in [-0.05, 0) is 42.8 Å². The van der Waals surface area contributed by atoms with Gasteiger partial charge in [0.25, 0.3) is 0 Å². The molecule has 0 aliphatic rings.